The number of rotatable bonds is 9. The zero-order valence-electron chi connectivity index (χ0n) is 11.1. The first-order valence-corrected chi connectivity index (χ1v) is 7.81. The largest absolute Gasteiger partial charge is 0.394 e. The Bertz CT molecular complexity index is 132. The molecule has 1 radical (unpaired) electrons. The van der Waals surface area contributed by atoms with Crippen molar-refractivity contribution in [2.75, 3.05) is 13.2 Å². The molecule has 0 spiro atoms. The average molecular weight is 231 g/mol. The molecule has 15 heavy (non-hydrogen) atoms. The van der Waals surface area contributed by atoms with Gasteiger partial charge in [-0.25, -0.2) is 0 Å². The van der Waals surface area contributed by atoms with E-state index in [-0.39, 0.29) is 0 Å². The molecule has 0 heterocycles. The molecule has 0 atom stereocenters. The van der Waals surface area contributed by atoms with Crippen LogP contribution in [-0.2, 0) is 8.85 Å². The summed E-state index contributed by atoms with van der Waals surface area (Å²) in [4.78, 5) is 0. The van der Waals surface area contributed by atoms with Crippen molar-refractivity contribution < 1.29 is 8.85 Å². The molecule has 0 unspecified atom stereocenters. The lowest BCUT2D eigenvalue weighted by atomic mass is 9.82. The SMILES string of the molecule is CCO[Si](CC(CC)(CC)CC)OCC. The van der Waals surface area contributed by atoms with E-state index < -0.39 is 9.28 Å². The van der Waals surface area contributed by atoms with Crippen LogP contribution >= 0.6 is 0 Å². The third kappa shape index (κ3) is 5.14. The normalized spacial score (nSPS) is 12.4. The second-order valence-corrected chi connectivity index (χ2v) is 5.65. The molecule has 0 saturated carbocycles. The maximum absolute atomic E-state index is 5.72. The molecule has 0 aromatic rings. The van der Waals surface area contributed by atoms with Crippen LogP contribution in [0.3, 0.4) is 0 Å². The van der Waals surface area contributed by atoms with Gasteiger partial charge in [0.05, 0.1) is 0 Å². The van der Waals surface area contributed by atoms with E-state index in [4.69, 9.17) is 8.85 Å². The van der Waals surface area contributed by atoms with Gasteiger partial charge in [-0.15, -0.1) is 0 Å². The van der Waals surface area contributed by atoms with Crippen LogP contribution in [0.1, 0.15) is 53.9 Å². The van der Waals surface area contributed by atoms with Crippen molar-refractivity contribution in [3.8, 4) is 0 Å². The summed E-state index contributed by atoms with van der Waals surface area (Å²) in [6.45, 7) is 12.5. The van der Waals surface area contributed by atoms with Crippen molar-refractivity contribution >= 4 is 9.28 Å². The molecule has 0 aromatic heterocycles. The minimum Gasteiger partial charge on any atom is -0.394 e. The fraction of sp³-hybridized carbons (Fsp3) is 1.00. The Labute approximate surface area is 97.2 Å². The van der Waals surface area contributed by atoms with E-state index in [1.165, 1.54) is 19.3 Å². The summed E-state index contributed by atoms with van der Waals surface area (Å²) in [6.07, 6.45) is 3.69. The monoisotopic (exact) mass is 231 g/mol. The van der Waals surface area contributed by atoms with Crippen LogP contribution in [0.4, 0.5) is 0 Å². The minimum absolute atomic E-state index is 0.443. The van der Waals surface area contributed by atoms with E-state index in [9.17, 15) is 0 Å². The Balaban J connectivity index is 4.30. The maximum Gasteiger partial charge on any atom is 0.385 e. The van der Waals surface area contributed by atoms with E-state index in [0.29, 0.717) is 5.41 Å². The van der Waals surface area contributed by atoms with Gasteiger partial charge >= 0.3 is 9.28 Å². The highest BCUT2D eigenvalue weighted by Crippen LogP contribution is 2.36. The van der Waals surface area contributed by atoms with Gasteiger partial charge in [0.1, 0.15) is 0 Å². The highest BCUT2D eigenvalue weighted by Gasteiger charge is 2.31. The Hall–Kier alpha value is 0.137. The average Bonchev–Trinajstić information content (AvgIpc) is 2.27. The molecule has 0 aromatic carbocycles. The van der Waals surface area contributed by atoms with Crippen molar-refractivity contribution in [3.05, 3.63) is 0 Å². The van der Waals surface area contributed by atoms with Crippen molar-refractivity contribution in [1.82, 2.24) is 0 Å². The van der Waals surface area contributed by atoms with Crippen molar-refractivity contribution in [2.24, 2.45) is 5.41 Å². The summed E-state index contributed by atoms with van der Waals surface area (Å²) >= 11 is 0. The first kappa shape index (κ1) is 15.1. The van der Waals surface area contributed by atoms with Crippen LogP contribution < -0.4 is 0 Å². The molecule has 0 amide bonds. The van der Waals surface area contributed by atoms with Crippen LogP contribution in [-0.4, -0.2) is 22.5 Å². The molecule has 0 bridgehead atoms. The molecule has 3 heteroatoms. The fourth-order valence-electron chi connectivity index (χ4n) is 1.90. The zero-order valence-corrected chi connectivity index (χ0v) is 12.1. The molecule has 0 saturated heterocycles. The summed E-state index contributed by atoms with van der Waals surface area (Å²) in [5, 5.41) is 0. The Morgan fingerprint density at radius 3 is 1.47 bits per heavy atom. The summed E-state index contributed by atoms with van der Waals surface area (Å²) in [7, 11) is -1.04. The molecule has 0 N–H and O–H groups in total. The van der Waals surface area contributed by atoms with Crippen molar-refractivity contribution in [2.45, 2.75) is 59.9 Å². The van der Waals surface area contributed by atoms with Gasteiger partial charge in [-0.2, -0.15) is 0 Å². The molecule has 0 aliphatic heterocycles. The summed E-state index contributed by atoms with van der Waals surface area (Å²) in [5.41, 5.74) is 0.443. The van der Waals surface area contributed by atoms with Gasteiger partial charge in [0, 0.05) is 13.2 Å². The standard InChI is InChI=1S/C12H27O2Si/c1-6-12(7-2,8-3)11-15(13-9-4)14-10-5/h6-11H2,1-5H3. The predicted molar refractivity (Wildman–Crippen MR) is 67.1 cm³/mol. The third-order valence-corrected chi connectivity index (χ3v) is 5.64. The van der Waals surface area contributed by atoms with Gasteiger partial charge in [0.15, 0.2) is 0 Å². The van der Waals surface area contributed by atoms with Gasteiger partial charge in [-0.05, 0) is 25.3 Å². The van der Waals surface area contributed by atoms with Gasteiger partial charge in [-0.3, -0.25) is 0 Å². The highest BCUT2D eigenvalue weighted by atomic mass is 28.3. The van der Waals surface area contributed by atoms with E-state index in [1.807, 2.05) is 0 Å². The van der Waals surface area contributed by atoms with Crippen LogP contribution in [0.25, 0.3) is 0 Å². The van der Waals surface area contributed by atoms with Crippen LogP contribution in [0.5, 0.6) is 0 Å². The van der Waals surface area contributed by atoms with Gasteiger partial charge in [-0.1, -0.05) is 40.0 Å². The molecular formula is C12H27O2Si. The van der Waals surface area contributed by atoms with E-state index in [1.54, 1.807) is 0 Å². The molecule has 0 fully saturated rings. The second-order valence-electron chi connectivity index (χ2n) is 3.98. The van der Waals surface area contributed by atoms with E-state index >= 15 is 0 Å². The number of hydrogen-bond acceptors (Lipinski definition) is 2. The van der Waals surface area contributed by atoms with E-state index in [0.717, 1.165) is 19.3 Å². The summed E-state index contributed by atoms with van der Waals surface area (Å²) in [6, 6.07) is 1.13. The molecule has 0 aliphatic carbocycles. The van der Waals surface area contributed by atoms with Gasteiger partial charge < -0.3 is 8.85 Å². The van der Waals surface area contributed by atoms with Crippen molar-refractivity contribution in [3.63, 3.8) is 0 Å². The third-order valence-electron chi connectivity index (χ3n) is 3.38. The minimum atomic E-state index is -1.04. The maximum atomic E-state index is 5.72. The fourth-order valence-corrected chi connectivity index (χ4v) is 4.19. The zero-order chi connectivity index (χ0) is 11.7. The Morgan fingerprint density at radius 2 is 1.20 bits per heavy atom. The Kier molecular flexibility index (Phi) is 8.38. The highest BCUT2D eigenvalue weighted by molar-refractivity contribution is 6.44. The van der Waals surface area contributed by atoms with E-state index in [2.05, 4.69) is 34.6 Å². The van der Waals surface area contributed by atoms with Gasteiger partial charge in [0.25, 0.3) is 0 Å². The molecule has 91 valence electrons. The molecule has 0 rings (SSSR count). The lowest BCUT2D eigenvalue weighted by molar-refractivity contribution is 0.183. The van der Waals surface area contributed by atoms with Crippen LogP contribution in [0.2, 0.25) is 6.04 Å². The first-order chi connectivity index (χ1) is 7.17. The molecule has 2 nitrogen and oxygen atoms in total. The van der Waals surface area contributed by atoms with Crippen LogP contribution in [0.15, 0.2) is 0 Å². The van der Waals surface area contributed by atoms with Crippen molar-refractivity contribution in [1.29, 1.82) is 0 Å². The molecular weight excluding hydrogens is 204 g/mol. The van der Waals surface area contributed by atoms with Gasteiger partial charge in [0.2, 0.25) is 0 Å². The number of hydrogen-bond donors (Lipinski definition) is 0. The predicted octanol–water partition coefficient (Wildman–Crippen LogP) is 3.76. The smallest absolute Gasteiger partial charge is 0.385 e. The lowest BCUT2D eigenvalue weighted by Crippen LogP contribution is -2.32. The summed E-state index contributed by atoms with van der Waals surface area (Å²) in [5.74, 6) is 0. The Morgan fingerprint density at radius 1 is 0.800 bits per heavy atom. The van der Waals surface area contributed by atoms with Crippen LogP contribution in [0, 0.1) is 5.41 Å². The second kappa shape index (κ2) is 8.31. The quantitative estimate of drug-likeness (QED) is 0.562. The molecule has 0 aliphatic rings. The lowest BCUT2D eigenvalue weighted by Gasteiger charge is -2.32. The summed E-state index contributed by atoms with van der Waals surface area (Å²) < 4.78 is 11.4. The first-order valence-electron chi connectivity index (χ1n) is 6.29. The topological polar surface area (TPSA) is 18.5 Å².